The van der Waals surface area contributed by atoms with Crippen LogP contribution in [0, 0.1) is 5.92 Å². The van der Waals surface area contributed by atoms with Gasteiger partial charge >= 0.3 is 0 Å². The molecule has 1 aromatic heterocycles. The molecular weight excluding hydrogens is 262 g/mol. The lowest BCUT2D eigenvalue weighted by Crippen LogP contribution is -2.29. The first kappa shape index (κ1) is 14.4. The largest absolute Gasteiger partial charge is 0.377 e. The molecule has 0 spiro atoms. The zero-order chi connectivity index (χ0) is 13.8. The number of nitrogens with one attached hydrogen (secondary N) is 1. The van der Waals surface area contributed by atoms with Crippen molar-refractivity contribution in [1.29, 1.82) is 0 Å². The number of aromatic nitrogens is 2. The molecule has 0 amide bonds. The number of anilines is 1. The van der Waals surface area contributed by atoms with Crippen LogP contribution in [0.3, 0.4) is 0 Å². The van der Waals surface area contributed by atoms with Gasteiger partial charge in [0.2, 0.25) is 0 Å². The summed E-state index contributed by atoms with van der Waals surface area (Å²) in [5.41, 5.74) is 0.406. The second-order valence-electron chi connectivity index (χ2n) is 5.49. The molecular formula is C14H22ClN3O. The molecule has 1 N–H and O–H groups in total. The van der Waals surface area contributed by atoms with Crippen molar-refractivity contribution in [1.82, 2.24) is 9.78 Å². The van der Waals surface area contributed by atoms with Crippen molar-refractivity contribution < 1.29 is 0 Å². The first-order chi connectivity index (χ1) is 9.11. The normalized spacial score (nSPS) is 16.4. The summed E-state index contributed by atoms with van der Waals surface area (Å²) in [6.07, 6.45) is 7.31. The van der Waals surface area contributed by atoms with E-state index in [1.165, 1.54) is 12.8 Å². The second-order valence-corrected chi connectivity index (χ2v) is 5.89. The van der Waals surface area contributed by atoms with Crippen LogP contribution in [0.4, 0.5) is 5.69 Å². The van der Waals surface area contributed by atoms with Crippen LogP contribution in [0.15, 0.2) is 11.0 Å². The van der Waals surface area contributed by atoms with Gasteiger partial charge in [-0.2, -0.15) is 5.10 Å². The van der Waals surface area contributed by atoms with Crippen molar-refractivity contribution in [2.24, 2.45) is 5.92 Å². The maximum Gasteiger partial charge on any atom is 0.291 e. The fourth-order valence-corrected chi connectivity index (χ4v) is 2.28. The molecule has 4 nitrogen and oxygen atoms in total. The molecule has 0 bridgehead atoms. The van der Waals surface area contributed by atoms with Crippen LogP contribution in [0.5, 0.6) is 0 Å². The Kier molecular flexibility index (Phi) is 4.86. The summed E-state index contributed by atoms with van der Waals surface area (Å²) in [6.45, 7) is 4.96. The van der Waals surface area contributed by atoms with E-state index in [1.807, 2.05) is 0 Å². The third-order valence-electron chi connectivity index (χ3n) is 3.51. The lowest BCUT2D eigenvalue weighted by atomic mass is 10.1. The highest BCUT2D eigenvalue weighted by Gasteiger charge is 2.23. The molecule has 1 unspecified atom stereocenters. The first-order valence-corrected chi connectivity index (χ1v) is 7.51. The standard InChI is InChI=1S/C14H22ClN3O/c1-3-4-5-10(2)17-13-12(15)8-16-18(14(13)19)9-11-6-7-11/h8,10-11,17H,3-7,9H2,1-2H3. The van der Waals surface area contributed by atoms with E-state index >= 15 is 0 Å². The third kappa shape index (κ3) is 3.96. The Bertz CT molecular complexity index is 482. The van der Waals surface area contributed by atoms with Gasteiger partial charge in [-0.25, -0.2) is 4.68 Å². The van der Waals surface area contributed by atoms with Crippen LogP contribution in [-0.2, 0) is 6.54 Å². The highest BCUT2D eigenvalue weighted by molar-refractivity contribution is 6.33. The summed E-state index contributed by atoms with van der Waals surface area (Å²) in [4.78, 5) is 12.3. The molecule has 1 fully saturated rings. The van der Waals surface area contributed by atoms with Gasteiger partial charge in [0.15, 0.2) is 0 Å². The summed E-state index contributed by atoms with van der Waals surface area (Å²) >= 11 is 6.09. The van der Waals surface area contributed by atoms with Crippen molar-refractivity contribution >= 4 is 17.3 Å². The van der Waals surface area contributed by atoms with Gasteiger partial charge in [0.25, 0.3) is 5.56 Å². The highest BCUT2D eigenvalue weighted by Crippen LogP contribution is 2.30. The monoisotopic (exact) mass is 283 g/mol. The molecule has 0 radical (unpaired) electrons. The zero-order valence-electron chi connectivity index (χ0n) is 11.7. The van der Waals surface area contributed by atoms with Gasteiger partial charge in [-0.3, -0.25) is 4.79 Å². The van der Waals surface area contributed by atoms with Gasteiger partial charge in [0, 0.05) is 12.6 Å². The predicted octanol–water partition coefficient (Wildman–Crippen LogP) is 3.30. The molecule has 2 rings (SSSR count). The number of nitrogens with zero attached hydrogens (tertiary/aromatic N) is 2. The van der Waals surface area contributed by atoms with Crippen molar-refractivity contribution in [2.75, 3.05) is 5.32 Å². The average molecular weight is 284 g/mol. The van der Waals surface area contributed by atoms with E-state index in [0.29, 0.717) is 23.2 Å². The number of unbranched alkanes of at least 4 members (excludes halogenated alkanes) is 1. The Morgan fingerprint density at radius 2 is 2.32 bits per heavy atom. The van der Waals surface area contributed by atoms with Crippen molar-refractivity contribution in [3.63, 3.8) is 0 Å². The van der Waals surface area contributed by atoms with Gasteiger partial charge in [-0.15, -0.1) is 0 Å². The van der Waals surface area contributed by atoms with Crippen LogP contribution in [0.25, 0.3) is 0 Å². The molecule has 0 aromatic carbocycles. The van der Waals surface area contributed by atoms with E-state index in [2.05, 4.69) is 24.3 Å². The quantitative estimate of drug-likeness (QED) is 0.835. The van der Waals surface area contributed by atoms with Gasteiger partial charge in [0.05, 0.1) is 11.2 Å². The second kappa shape index (κ2) is 6.42. The molecule has 1 heterocycles. The van der Waals surface area contributed by atoms with E-state index in [-0.39, 0.29) is 11.6 Å². The summed E-state index contributed by atoms with van der Waals surface area (Å²) < 4.78 is 1.54. The fourth-order valence-electron chi connectivity index (χ4n) is 2.10. The van der Waals surface area contributed by atoms with Crippen LogP contribution in [-0.4, -0.2) is 15.8 Å². The fraction of sp³-hybridized carbons (Fsp3) is 0.714. The maximum absolute atomic E-state index is 12.3. The molecule has 1 aliphatic carbocycles. The van der Waals surface area contributed by atoms with Crippen LogP contribution < -0.4 is 10.9 Å². The molecule has 19 heavy (non-hydrogen) atoms. The Labute approximate surface area is 119 Å². The summed E-state index contributed by atoms with van der Waals surface area (Å²) in [5.74, 6) is 0.622. The smallest absolute Gasteiger partial charge is 0.291 e. The molecule has 1 aromatic rings. The van der Waals surface area contributed by atoms with E-state index in [1.54, 1.807) is 10.9 Å². The van der Waals surface area contributed by atoms with Gasteiger partial charge in [-0.05, 0) is 32.1 Å². The molecule has 5 heteroatoms. The minimum atomic E-state index is -0.0947. The number of hydrogen-bond acceptors (Lipinski definition) is 3. The van der Waals surface area contributed by atoms with E-state index in [9.17, 15) is 4.79 Å². The number of rotatable bonds is 7. The minimum absolute atomic E-state index is 0.0947. The Morgan fingerprint density at radius 3 is 2.95 bits per heavy atom. The Hall–Kier alpha value is -1.03. The lowest BCUT2D eigenvalue weighted by Gasteiger charge is -2.16. The number of hydrogen-bond donors (Lipinski definition) is 1. The SMILES string of the molecule is CCCCC(C)Nc1c(Cl)cnn(CC2CC2)c1=O. The molecule has 1 atom stereocenters. The molecule has 0 aliphatic heterocycles. The van der Waals surface area contributed by atoms with Gasteiger partial charge in [0.1, 0.15) is 5.69 Å². The van der Waals surface area contributed by atoms with Gasteiger partial charge < -0.3 is 5.32 Å². The third-order valence-corrected chi connectivity index (χ3v) is 3.79. The molecule has 1 aliphatic rings. The van der Waals surface area contributed by atoms with Crippen LogP contribution in [0.1, 0.15) is 46.0 Å². The van der Waals surface area contributed by atoms with Crippen molar-refractivity contribution in [3.05, 3.63) is 21.6 Å². The molecule has 1 saturated carbocycles. The van der Waals surface area contributed by atoms with E-state index < -0.39 is 0 Å². The average Bonchev–Trinajstić information content (AvgIpc) is 3.19. The predicted molar refractivity (Wildman–Crippen MR) is 78.8 cm³/mol. The van der Waals surface area contributed by atoms with E-state index in [4.69, 9.17) is 11.6 Å². The topological polar surface area (TPSA) is 46.9 Å². The summed E-state index contributed by atoms with van der Waals surface area (Å²) in [5, 5.41) is 7.78. The summed E-state index contributed by atoms with van der Waals surface area (Å²) in [6, 6.07) is 0.252. The van der Waals surface area contributed by atoms with Crippen molar-refractivity contribution in [3.8, 4) is 0 Å². The minimum Gasteiger partial charge on any atom is -0.377 e. The van der Waals surface area contributed by atoms with Crippen molar-refractivity contribution in [2.45, 2.75) is 58.5 Å². The highest BCUT2D eigenvalue weighted by atomic mass is 35.5. The zero-order valence-corrected chi connectivity index (χ0v) is 12.4. The van der Waals surface area contributed by atoms with Crippen LogP contribution >= 0.6 is 11.6 Å². The van der Waals surface area contributed by atoms with Crippen LogP contribution in [0.2, 0.25) is 5.02 Å². The molecule has 0 saturated heterocycles. The maximum atomic E-state index is 12.3. The lowest BCUT2D eigenvalue weighted by molar-refractivity contribution is 0.533. The Balaban J connectivity index is 2.11. The number of halogens is 1. The van der Waals surface area contributed by atoms with Gasteiger partial charge in [-0.1, -0.05) is 31.4 Å². The Morgan fingerprint density at radius 1 is 1.58 bits per heavy atom. The molecule has 106 valence electrons. The van der Waals surface area contributed by atoms with E-state index in [0.717, 1.165) is 19.3 Å². The summed E-state index contributed by atoms with van der Waals surface area (Å²) in [7, 11) is 0. The first-order valence-electron chi connectivity index (χ1n) is 7.14.